The Morgan fingerprint density at radius 1 is 1.17 bits per heavy atom. The number of halogens is 1. The normalized spacial score (nSPS) is 15.1. The van der Waals surface area contributed by atoms with Gasteiger partial charge in [-0.05, 0) is 66.6 Å². The zero-order valence-corrected chi connectivity index (χ0v) is 23.1. The van der Waals surface area contributed by atoms with E-state index >= 15 is 0 Å². The van der Waals surface area contributed by atoms with Crippen LogP contribution in [-0.2, 0) is 17.8 Å². The molecule has 0 radical (unpaired) electrons. The number of aliphatic hydroxyl groups excluding tert-OH is 1. The second-order valence-electron chi connectivity index (χ2n) is 9.52. The van der Waals surface area contributed by atoms with Gasteiger partial charge in [-0.2, -0.15) is 0 Å². The molecule has 0 fully saturated rings. The number of hydrogen-bond acceptors (Lipinski definition) is 3. The smallest absolute Gasteiger partial charge is 0.221 e. The summed E-state index contributed by atoms with van der Waals surface area (Å²) in [5.74, 6) is 1.78. The summed E-state index contributed by atoms with van der Waals surface area (Å²) in [7, 11) is 5.28. The Balaban J connectivity index is 0.000000454. The minimum atomic E-state index is 0.0134. The highest BCUT2D eigenvalue weighted by atomic mass is 35.5. The number of amides is 1. The highest BCUT2D eigenvalue weighted by Gasteiger charge is 2.28. The molecule has 2 unspecified atom stereocenters. The van der Waals surface area contributed by atoms with E-state index in [9.17, 15) is 9.90 Å². The summed E-state index contributed by atoms with van der Waals surface area (Å²) in [4.78, 5) is 12.0. The summed E-state index contributed by atoms with van der Waals surface area (Å²) in [6.07, 6.45) is 3.56. The van der Waals surface area contributed by atoms with Crippen LogP contribution in [0.2, 0.25) is 5.02 Å². The summed E-state index contributed by atoms with van der Waals surface area (Å²) < 4.78 is 8.15. The quantitative estimate of drug-likeness (QED) is 0.401. The predicted octanol–water partition coefficient (Wildman–Crippen LogP) is 6.71. The van der Waals surface area contributed by atoms with E-state index in [1.54, 1.807) is 26.1 Å². The van der Waals surface area contributed by atoms with Crippen molar-refractivity contribution in [1.29, 1.82) is 0 Å². The highest BCUT2D eigenvalue weighted by Crippen LogP contribution is 2.44. The lowest BCUT2D eigenvalue weighted by atomic mass is 9.83. The number of methoxy groups -OCH3 is 1. The number of hydrogen-bond donors (Lipinski definition) is 1. The van der Waals surface area contributed by atoms with Gasteiger partial charge in [0.15, 0.2) is 0 Å². The van der Waals surface area contributed by atoms with Crippen LogP contribution in [0.4, 0.5) is 0 Å². The van der Waals surface area contributed by atoms with Gasteiger partial charge in [0.2, 0.25) is 5.91 Å². The standard InChI is InChI=1S/C25H28ClNO2.C5H11NO/c1-4-16(2)20-6-5-7-22(25(20)29-3)21-12-11-18-9-10-19(15-28)27(18)24-13-8-17(26)14-23(21)24;1-4-5(7)6(2)3/h5-10,13-14,16,21,28H,4,11-12,15H2,1-3H3;4H2,1-3H3. The van der Waals surface area contributed by atoms with E-state index in [0.29, 0.717) is 12.3 Å². The van der Waals surface area contributed by atoms with Crippen LogP contribution in [-0.4, -0.2) is 41.7 Å². The largest absolute Gasteiger partial charge is 0.496 e. The molecular weight excluding hydrogens is 472 g/mol. The van der Waals surface area contributed by atoms with Gasteiger partial charge >= 0.3 is 0 Å². The molecule has 0 saturated heterocycles. The first-order chi connectivity index (χ1) is 17.3. The molecule has 2 heterocycles. The van der Waals surface area contributed by atoms with Crippen molar-refractivity contribution in [1.82, 2.24) is 9.47 Å². The van der Waals surface area contributed by atoms with Gasteiger partial charge in [-0.25, -0.2) is 0 Å². The van der Waals surface area contributed by atoms with Gasteiger partial charge in [0, 0.05) is 54.1 Å². The molecule has 1 N–H and O–H groups in total. The first kappa shape index (κ1) is 27.8. The van der Waals surface area contributed by atoms with Gasteiger partial charge in [-0.3, -0.25) is 4.79 Å². The minimum Gasteiger partial charge on any atom is -0.496 e. The predicted molar refractivity (Wildman–Crippen MR) is 148 cm³/mol. The van der Waals surface area contributed by atoms with Crippen molar-refractivity contribution in [3.05, 3.63) is 81.6 Å². The van der Waals surface area contributed by atoms with E-state index in [0.717, 1.165) is 41.4 Å². The number of aryl methyl sites for hydroxylation is 1. The summed E-state index contributed by atoms with van der Waals surface area (Å²) >= 11 is 6.45. The molecule has 36 heavy (non-hydrogen) atoms. The van der Waals surface area contributed by atoms with Crippen LogP contribution in [0.1, 0.15) is 79.9 Å². The maximum atomic E-state index is 10.4. The first-order valence-electron chi connectivity index (χ1n) is 12.7. The number of ether oxygens (including phenoxy) is 1. The van der Waals surface area contributed by atoms with Crippen LogP contribution in [0.5, 0.6) is 5.75 Å². The number of rotatable bonds is 6. The lowest BCUT2D eigenvalue weighted by molar-refractivity contribution is -0.128. The van der Waals surface area contributed by atoms with Crippen molar-refractivity contribution in [2.24, 2.45) is 0 Å². The third-order valence-electron chi connectivity index (χ3n) is 7.10. The molecule has 1 aliphatic heterocycles. The Morgan fingerprint density at radius 3 is 2.50 bits per heavy atom. The van der Waals surface area contributed by atoms with Crippen molar-refractivity contribution in [3.63, 3.8) is 0 Å². The zero-order chi connectivity index (χ0) is 26.4. The number of carbonyl (C=O) groups is 1. The van der Waals surface area contributed by atoms with Gasteiger partial charge < -0.3 is 19.3 Å². The van der Waals surface area contributed by atoms with Crippen molar-refractivity contribution in [2.75, 3.05) is 21.2 Å². The average Bonchev–Trinajstić information content (AvgIpc) is 3.23. The second kappa shape index (κ2) is 12.5. The highest BCUT2D eigenvalue weighted by molar-refractivity contribution is 6.30. The van der Waals surface area contributed by atoms with Crippen LogP contribution in [0.3, 0.4) is 0 Å². The third-order valence-corrected chi connectivity index (χ3v) is 7.33. The van der Waals surface area contributed by atoms with E-state index in [1.807, 2.05) is 19.1 Å². The molecule has 0 bridgehead atoms. The summed E-state index contributed by atoms with van der Waals surface area (Å²) in [6.45, 7) is 6.32. The van der Waals surface area contributed by atoms with Gasteiger partial charge in [-0.1, -0.05) is 50.6 Å². The molecule has 3 aromatic rings. The van der Waals surface area contributed by atoms with E-state index in [1.165, 1.54) is 22.4 Å². The van der Waals surface area contributed by atoms with Gasteiger partial charge in [-0.15, -0.1) is 0 Å². The van der Waals surface area contributed by atoms with Gasteiger partial charge in [0.05, 0.1) is 13.7 Å². The summed E-state index contributed by atoms with van der Waals surface area (Å²) in [5, 5.41) is 10.6. The van der Waals surface area contributed by atoms with Crippen molar-refractivity contribution < 1.29 is 14.6 Å². The average molecular weight is 511 g/mol. The maximum absolute atomic E-state index is 10.4. The number of aliphatic hydroxyl groups is 1. The molecule has 2 atom stereocenters. The molecule has 1 amide bonds. The summed E-state index contributed by atoms with van der Waals surface area (Å²) in [5.41, 5.74) is 6.88. The molecule has 0 aliphatic carbocycles. The molecule has 1 aliphatic rings. The Bertz CT molecular complexity index is 1180. The summed E-state index contributed by atoms with van der Waals surface area (Å²) in [6, 6.07) is 16.7. The fourth-order valence-electron chi connectivity index (χ4n) is 4.94. The van der Waals surface area contributed by atoms with Crippen molar-refractivity contribution >= 4 is 17.5 Å². The monoisotopic (exact) mass is 510 g/mol. The second-order valence-corrected chi connectivity index (χ2v) is 9.96. The topological polar surface area (TPSA) is 54.7 Å². The fourth-order valence-corrected chi connectivity index (χ4v) is 5.12. The van der Waals surface area contributed by atoms with Crippen LogP contribution in [0.25, 0.3) is 5.69 Å². The van der Waals surface area contributed by atoms with E-state index in [4.69, 9.17) is 16.3 Å². The molecule has 0 saturated carbocycles. The molecule has 0 spiro atoms. The van der Waals surface area contributed by atoms with E-state index in [2.05, 4.69) is 54.8 Å². The lowest BCUT2D eigenvalue weighted by Crippen LogP contribution is -2.19. The van der Waals surface area contributed by atoms with Gasteiger partial charge in [0.1, 0.15) is 5.75 Å². The number of benzene rings is 2. The maximum Gasteiger partial charge on any atom is 0.221 e. The Morgan fingerprint density at radius 2 is 1.92 bits per heavy atom. The number of aromatic nitrogens is 1. The first-order valence-corrected chi connectivity index (χ1v) is 13.1. The molecule has 4 rings (SSSR count). The Labute approximate surface area is 220 Å². The fraction of sp³-hybridized carbons (Fsp3) is 0.433. The molecule has 2 aromatic carbocycles. The minimum absolute atomic E-state index is 0.0134. The van der Waals surface area contributed by atoms with Crippen LogP contribution < -0.4 is 4.74 Å². The SMILES string of the molecule is CCC(=O)N(C)C.CCC(C)c1cccc(C2CCc3ccc(CO)n3-c3ccc(Cl)cc32)c1OC. The van der Waals surface area contributed by atoms with Crippen LogP contribution in [0.15, 0.2) is 48.5 Å². The number of para-hydroxylation sites is 1. The number of nitrogens with zero attached hydrogens (tertiary/aromatic N) is 2. The van der Waals surface area contributed by atoms with Crippen LogP contribution >= 0.6 is 11.6 Å². The molecule has 1 aromatic heterocycles. The molecule has 194 valence electrons. The van der Waals surface area contributed by atoms with Crippen molar-refractivity contribution in [3.8, 4) is 11.4 Å². The van der Waals surface area contributed by atoms with Crippen LogP contribution in [0, 0.1) is 0 Å². The van der Waals surface area contributed by atoms with E-state index in [-0.39, 0.29) is 18.4 Å². The molecular formula is C30H39ClN2O3. The lowest BCUT2D eigenvalue weighted by Gasteiger charge is -2.24. The number of fused-ring (bicyclic) bond motifs is 3. The molecule has 5 nitrogen and oxygen atoms in total. The zero-order valence-electron chi connectivity index (χ0n) is 22.3. The molecule has 6 heteroatoms. The Hall–Kier alpha value is -2.76. The van der Waals surface area contributed by atoms with Gasteiger partial charge in [0.25, 0.3) is 0 Å². The van der Waals surface area contributed by atoms with Crippen molar-refractivity contribution in [2.45, 2.75) is 64.9 Å². The third kappa shape index (κ3) is 5.79. The number of carbonyl (C=O) groups excluding carboxylic acids is 1. The van der Waals surface area contributed by atoms with E-state index < -0.39 is 0 Å². The Kier molecular flexibility index (Phi) is 9.63.